The molecule has 112 valence electrons. The molecule has 0 aliphatic carbocycles. The summed E-state index contributed by atoms with van der Waals surface area (Å²) < 4.78 is 0. The Morgan fingerprint density at radius 2 is 2.15 bits per heavy atom. The zero-order valence-corrected chi connectivity index (χ0v) is 12.7. The fourth-order valence-corrected chi connectivity index (χ4v) is 2.51. The normalized spacial score (nSPS) is 12.3. The quantitative estimate of drug-likeness (QED) is 0.645. The summed E-state index contributed by atoms with van der Waals surface area (Å²) in [7, 11) is 0. The summed E-state index contributed by atoms with van der Waals surface area (Å²) in [5, 5.41) is 16.6. The van der Waals surface area contributed by atoms with Gasteiger partial charge in [0.1, 0.15) is 6.04 Å². The highest BCUT2D eigenvalue weighted by Gasteiger charge is 2.18. The molecule has 1 heterocycles. The van der Waals surface area contributed by atoms with Gasteiger partial charge in [-0.15, -0.1) is 11.3 Å². The lowest BCUT2D eigenvalue weighted by Crippen LogP contribution is -2.44. The molecule has 0 aliphatic heterocycles. The van der Waals surface area contributed by atoms with Crippen LogP contribution in [0.4, 0.5) is 0 Å². The Morgan fingerprint density at radius 3 is 2.70 bits per heavy atom. The van der Waals surface area contributed by atoms with E-state index in [1.165, 1.54) is 4.88 Å². The van der Waals surface area contributed by atoms with Gasteiger partial charge in [0.05, 0.1) is 6.54 Å². The standard InChI is InChI=1S/C14H22N2O3S/c1-10(2)8-12(14(18)19)16-9-13(17)15-6-5-11-4-3-7-20-11/h3-4,7,10,12,16H,5-6,8-9H2,1-2H3,(H,15,17)(H,18,19). The predicted molar refractivity (Wildman–Crippen MR) is 79.9 cm³/mol. The predicted octanol–water partition coefficient (Wildman–Crippen LogP) is 1.50. The number of hydrogen-bond acceptors (Lipinski definition) is 4. The molecule has 0 fully saturated rings. The Labute approximate surface area is 123 Å². The van der Waals surface area contributed by atoms with E-state index in [2.05, 4.69) is 10.6 Å². The van der Waals surface area contributed by atoms with Crippen molar-refractivity contribution in [3.8, 4) is 0 Å². The van der Waals surface area contributed by atoms with Crippen molar-refractivity contribution in [2.45, 2.75) is 32.7 Å². The average Bonchev–Trinajstić information content (AvgIpc) is 2.86. The van der Waals surface area contributed by atoms with E-state index in [0.29, 0.717) is 13.0 Å². The van der Waals surface area contributed by atoms with Crippen LogP contribution in [0.25, 0.3) is 0 Å². The van der Waals surface area contributed by atoms with Crippen LogP contribution in [0.1, 0.15) is 25.1 Å². The van der Waals surface area contributed by atoms with Crippen molar-refractivity contribution in [1.82, 2.24) is 10.6 Å². The molecule has 0 saturated carbocycles. The number of aliphatic carboxylic acids is 1. The lowest BCUT2D eigenvalue weighted by Gasteiger charge is -2.16. The van der Waals surface area contributed by atoms with Gasteiger partial charge in [0.25, 0.3) is 0 Å². The molecule has 5 nitrogen and oxygen atoms in total. The summed E-state index contributed by atoms with van der Waals surface area (Å²) in [5.41, 5.74) is 0. The first kappa shape index (κ1) is 16.7. The Bertz CT molecular complexity index is 418. The third-order valence-electron chi connectivity index (χ3n) is 2.79. The molecule has 3 N–H and O–H groups in total. The van der Waals surface area contributed by atoms with Crippen molar-refractivity contribution in [1.29, 1.82) is 0 Å². The van der Waals surface area contributed by atoms with Gasteiger partial charge in [0.2, 0.25) is 5.91 Å². The van der Waals surface area contributed by atoms with Crippen LogP contribution in [0.15, 0.2) is 17.5 Å². The van der Waals surface area contributed by atoms with Crippen molar-refractivity contribution in [2.75, 3.05) is 13.1 Å². The Hall–Kier alpha value is -1.40. The Kier molecular flexibility index (Phi) is 7.25. The lowest BCUT2D eigenvalue weighted by atomic mass is 10.0. The van der Waals surface area contributed by atoms with Crippen LogP contribution in [-0.2, 0) is 16.0 Å². The number of nitrogens with one attached hydrogen (secondary N) is 2. The van der Waals surface area contributed by atoms with Gasteiger partial charge in [-0.3, -0.25) is 14.9 Å². The number of amides is 1. The van der Waals surface area contributed by atoms with E-state index in [0.717, 1.165) is 6.42 Å². The van der Waals surface area contributed by atoms with Gasteiger partial charge in [-0.2, -0.15) is 0 Å². The van der Waals surface area contributed by atoms with Gasteiger partial charge >= 0.3 is 5.97 Å². The van der Waals surface area contributed by atoms with E-state index < -0.39 is 12.0 Å². The first-order valence-corrected chi connectivity index (χ1v) is 7.62. The zero-order chi connectivity index (χ0) is 15.0. The first-order valence-electron chi connectivity index (χ1n) is 6.74. The number of hydrogen-bond donors (Lipinski definition) is 3. The second-order valence-electron chi connectivity index (χ2n) is 5.08. The SMILES string of the molecule is CC(C)CC(NCC(=O)NCCc1cccs1)C(=O)O. The molecule has 1 atom stereocenters. The summed E-state index contributed by atoms with van der Waals surface area (Å²) in [6.45, 7) is 4.52. The van der Waals surface area contributed by atoms with Crippen LogP contribution < -0.4 is 10.6 Å². The van der Waals surface area contributed by atoms with Crippen molar-refractivity contribution in [3.05, 3.63) is 22.4 Å². The lowest BCUT2D eigenvalue weighted by molar-refractivity contribution is -0.140. The van der Waals surface area contributed by atoms with Crippen LogP contribution in [0.2, 0.25) is 0 Å². The molecule has 1 unspecified atom stereocenters. The maximum absolute atomic E-state index is 11.6. The molecule has 20 heavy (non-hydrogen) atoms. The van der Waals surface area contributed by atoms with Gasteiger partial charge in [0.15, 0.2) is 0 Å². The molecule has 6 heteroatoms. The van der Waals surface area contributed by atoms with Gasteiger partial charge in [0, 0.05) is 11.4 Å². The van der Waals surface area contributed by atoms with Crippen molar-refractivity contribution in [3.63, 3.8) is 0 Å². The number of thiophene rings is 1. The van der Waals surface area contributed by atoms with Gasteiger partial charge in [-0.1, -0.05) is 19.9 Å². The second kappa shape index (κ2) is 8.71. The van der Waals surface area contributed by atoms with Gasteiger partial charge in [-0.05, 0) is 30.2 Å². The molecule has 0 spiro atoms. The van der Waals surface area contributed by atoms with Crippen LogP contribution in [0.3, 0.4) is 0 Å². The fraction of sp³-hybridized carbons (Fsp3) is 0.571. The second-order valence-corrected chi connectivity index (χ2v) is 6.11. The summed E-state index contributed by atoms with van der Waals surface area (Å²) in [4.78, 5) is 23.9. The molecule has 0 aromatic carbocycles. The van der Waals surface area contributed by atoms with E-state index in [4.69, 9.17) is 5.11 Å². The number of carbonyl (C=O) groups excluding carboxylic acids is 1. The summed E-state index contributed by atoms with van der Waals surface area (Å²) in [6, 6.07) is 3.34. The van der Waals surface area contributed by atoms with E-state index in [1.807, 2.05) is 31.4 Å². The summed E-state index contributed by atoms with van der Waals surface area (Å²) in [5.74, 6) is -0.813. The molecule has 1 aromatic heterocycles. The van der Waals surface area contributed by atoms with Gasteiger partial charge in [-0.25, -0.2) is 0 Å². The topological polar surface area (TPSA) is 78.4 Å². The molecular formula is C14H22N2O3S. The van der Waals surface area contributed by atoms with Crippen LogP contribution in [0.5, 0.6) is 0 Å². The third-order valence-corrected chi connectivity index (χ3v) is 3.72. The largest absolute Gasteiger partial charge is 0.480 e. The van der Waals surface area contributed by atoms with E-state index in [9.17, 15) is 9.59 Å². The number of carboxylic acids is 1. The average molecular weight is 298 g/mol. The summed E-state index contributed by atoms with van der Waals surface area (Å²) in [6.07, 6.45) is 1.32. The zero-order valence-electron chi connectivity index (χ0n) is 11.9. The smallest absolute Gasteiger partial charge is 0.320 e. The minimum Gasteiger partial charge on any atom is -0.480 e. The van der Waals surface area contributed by atoms with E-state index in [1.54, 1.807) is 11.3 Å². The number of carboxylic acid groups (broad SMARTS) is 1. The molecule has 0 saturated heterocycles. The van der Waals surface area contributed by atoms with Crippen molar-refractivity contribution in [2.24, 2.45) is 5.92 Å². The highest BCUT2D eigenvalue weighted by atomic mass is 32.1. The van der Waals surface area contributed by atoms with Crippen LogP contribution >= 0.6 is 11.3 Å². The van der Waals surface area contributed by atoms with Crippen molar-refractivity contribution >= 4 is 23.2 Å². The van der Waals surface area contributed by atoms with E-state index >= 15 is 0 Å². The molecule has 1 rings (SSSR count). The monoisotopic (exact) mass is 298 g/mol. The van der Waals surface area contributed by atoms with Crippen LogP contribution in [-0.4, -0.2) is 36.1 Å². The third kappa shape index (κ3) is 6.68. The molecule has 0 bridgehead atoms. The fourth-order valence-electron chi connectivity index (χ4n) is 1.80. The minimum absolute atomic E-state index is 0.0358. The van der Waals surface area contributed by atoms with Crippen LogP contribution in [0, 0.1) is 5.92 Å². The Balaban J connectivity index is 2.22. The highest BCUT2D eigenvalue weighted by molar-refractivity contribution is 7.09. The number of rotatable bonds is 9. The van der Waals surface area contributed by atoms with E-state index in [-0.39, 0.29) is 18.4 Å². The molecule has 0 aliphatic rings. The minimum atomic E-state index is -0.912. The summed E-state index contributed by atoms with van der Waals surface area (Å²) >= 11 is 1.66. The number of carbonyl (C=O) groups is 2. The van der Waals surface area contributed by atoms with Crippen molar-refractivity contribution < 1.29 is 14.7 Å². The molecule has 0 radical (unpaired) electrons. The van der Waals surface area contributed by atoms with Gasteiger partial charge < -0.3 is 10.4 Å². The molecule has 1 aromatic rings. The highest BCUT2D eigenvalue weighted by Crippen LogP contribution is 2.08. The first-order chi connectivity index (χ1) is 9.49. The maximum Gasteiger partial charge on any atom is 0.320 e. The Morgan fingerprint density at radius 1 is 1.40 bits per heavy atom. The maximum atomic E-state index is 11.6. The molecule has 1 amide bonds. The molecular weight excluding hydrogens is 276 g/mol.